The Kier molecular flexibility index (Phi) is 6.07. The van der Waals surface area contributed by atoms with Gasteiger partial charge in [0.1, 0.15) is 0 Å². The van der Waals surface area contributed by atoms with Crippen LogP contribution in [-0.4, -0.2) is 47.3 Å². The standard InChI is InChI=1S/C17H30N2O2/c1-14(16-9-5-3-6-10-16)19(15(2)20)13-17(21)18-11-7-4-8-12-18/h14,16H,3-13H2,1-2H3. The average molecular weight is 294 g/mol. The molecule has 1 atom stereocenters. The van der Waals surface area contributed by atoms with Gasteiger partial charge in [-0.1, -0.05) is 19.3 Å². The normalized spacial score (nSPS) is 21.9. The Balaban J connectivity index is 1.94. The third kappa shape index (κ3) is 4.45. The molecule has 120 valence electrons. The van der Waals surface area contributed by atoms with Crippen molar-refractivity contribution in [2.24, 2.45) is 5.92 Å². The summed E-state index contributed by atoms with van der Waals surface area (Å²) in [5, 5.41) is 0. The lowest BCUT2D eigenvalue weighted by molar-refractivity contribution is -0.142. The summed E-state index contributed by atoms with van der Waals surface area (Å²) in [5.74, 6) is 0.739. The van der Waals surface area contributed by atoms with E-state index in [1.54, 1.807) is 6.92 Å². The predicted octanol–water partition coefficient (Wildman–Crippen LogP) is 2.82. The highest BCUT2D eigenvalue weighted by molar-refractivity contribution is 5.84. The maximum atomic E-state index is 12.4. The van der Waals surface area contributed by atoms with Gasteiger partial charge in [0.2, 0.25) is 11.8 Å². The van der Waals surface area contributed by atoms with Crippen molar-refractivity contribution < 1.29 is 9.59 Å². The van der Waals surface area contributed by atoms with Crippen molar-refractivity contribution in [1.82, 2.24) is 9.80 Å². The fourth-order valence-corrected chi connectivity index (χ4v) is 3.80. The maximum Gasteiger partial charge on any atom is 0.242 e. The van der Waals surface area contributed by atoms with Crippen LogP contribution in [0.3, 0.4) is 0 Å². The molecule has 0 bridgehead atoms. The molecule has 2 aliphatic rings. The molecule has 2 fully saturated rings. The first kappa shape index (κ1) is 16.3. The van der Waals surface area contributed by atoms with Gasteiger partial charge in [0, 0.05) is 26.1 Å². The summed E-state index contributed by atoms with van der Waals surface area (Å²) in [6.07, 6.45) is 9.66. The number of carbonyl (C=O) groups excluding carboxylic acids is 2. The van der Waals surface area contributed by atoms with Crippen molar-refractivity contribution in [3.05, 3.63) is 0 Å². The molecule has 0 N–H and O–H groups in total. The van der Waals surface area contributed by atoms with E-state index in [9.17, 15) is 9.59 Å². The fraction of sp³-hybridized carbons (Fsp3) is 0.882. The minimum atomic E-state index is 0.0402. The molecule has 1 heterocycles. The Labute approximate surface area is 128 Å². The zero-order valence-corrected chi connectivity index (χ0v) is 13.6. The first-order valence-electron chi connectivity index (χ1n) is 8.64. The number of piperidine rings is 1. The average Bonchev–Trinajstić information content (AvgIpc) is 2.53. The SMILES string of the molecule is CC(=O)N(CC(=O)N1CCCCC1)C(C)C1CCCCC1. The van der Waals surface area contributed by atoms with Crippen LogP contribution in [0, 0.1) is 5.92 Å². The molecule has 21 heavy (non-hydrogen) atoms. The van der Waals surface area contributed by atoms with Gasteiger partial charge in [-0.15, -0.1) is 0 Å². The van der Waals surface area contributed by atoms with Crippen LogP contribution in [0.25, 0.3) is 0 Å². The third-order valence-electron chi connectivity index (χ3n) is 5.24. The lowest BCUT2D eigenvalue weighted by Crippen LogP contribution is -2.49. The van der Waals surface area contributed by atoms with Crippen molar-refractivity contribution in [2.75, 3.05) is 19.6 Å². The van der Waals surface area contributed by atoms with Gasteiger partial charge in [-0.2, -0.15) is 0 Å². The Morgan fingerprint density at radius 3 is 2.19 bits per heavy atom. The molecule has 0 radical (unpaired) electrons. The molecule has 0 spiro atoms. The zero-order chi connectivity index (χ0) is 15.2. The van der Waals surface area contributed by atoms with Crippen molar-refractivity contribution in [3.63, 3.8) is 0 Å². The first-order chi connectivity index (χ1) is 10.1. The van der Waals surface area contributed by atoms with Crippen LogP contribution in [-0.2, 0) is 9.59 Å². The van der Waals surface area contributed by atoms with Gasteiger partial charge in [-0.05, 0) is 44.9 Å². The highest BCUT2D eigenvalue weighted by Gasteiger charge is 2.29. The summed E-state index contributed by atoms with van der Waals surface area (Å²) in [6, 6.07) is 0.191. The molecule has 0 aromatic rings. The molecule has 2 rings (SSSR count). The highest BCUT2D eigenvalue weighted by atomic mass is 16.2. The van der Waals surface area contributed by atoms with Gasteiger partial charge < -0.3 is 9.80 Å². The molecule has 0 aromatic heterocycles. The summed E-state index contributed by atoms with van der Waals surface area (Å²) >= 11 is 0. The minimum Gasteiger partial charge on any atom is -0.341 e. The van der Waals surface area contributed by atoms with E-state index in [4.69, 9.17) is 0 Å². The second kappa shape index (κ2) is 7.81. The zero-order valence-electron chi connectivity index (χ0n) is 13.6. The van der Waals surface area contributed by atoms with Crippen molar-refractivity contribution >= 4 is 11.8 Å². The van der Waals surface area contributed by atoms with Crippen LogP contribution in [0.15, 0.2) is 0 Å². The van der Waals surface area contributed by atoms with Gasteiger partial charge in [0.15, 0.2) is 0 Å². The van der Waals surface area contributed by atoms with E-state index in [2.05, 4.69) is 6.92 Å². The number of hydrogen-bond acceptors (Lipinski definition) is 2. The monoisotopic (exact) mass is 294 g/mol. The summed E-state index contributed by atoms with van der Waals surface area (Å²) in [7, 11) is 0. The minimum absolute atomic E-state index is 0.0402. The van der Waals surface area contributed by atoms with E-state index in [0.717, 1.165) is 25.9 Å². The van der Waals surface area contributed by atoms with Crippen LogP contribution < -0.4 is 0 Å². The molecular formula is C17H30N2O2. The van der Waals surface area contributed by atoms with E-state index in [1.165, 1.54) is 38.5 Å². The largest absolute Gasteiger partial charge is 0.341 e. The van der Waals surface area contributed by atoms with Crippen LogP contribution in [0.2, 0.25) is 0 Å². The third-order valence-corrected chi connectivity index (χ3v) is 5.24. The summed E-state index contributed by atoms with van der Waals surface area (Å²) in [4.78, 5) is 28.2. The molecule has 1 aliphatic carbocycles. The number of amides is 2. The quantitative estimate of drug-likeness (QED) is 0.800. The second-order valence-corrected chi connectivity index (χ2v) is 6.73. The molecule has 4 nitrogen and oxygen atoms in total. The number of likely N-dealkylation sites (tertiary alicyclic amines) is 1. The molecule has 1 unspecified atom stereocenters. The van der Waals surface area contributed by atoms with Gasteiger partial charge in [-0.3, -0.25) is 9.59 Å². The Bertz CT molecular complexity index is 358. The smallest absolute Gasteiger partial charge is 0.242 e. The molecular weight excluding hydrogens is 264 g/mol. The van der Waals surface area contributed by atoms with E-state index >= 15 is 0 Å². The predicted molar refractivity (Wildman–Crippen MR) is 83.9 cm³/mol. The van der Waals surface area contributed by atoms with Gasteiger partial charge in [0.25, 0.3) is 0 Å². The second-order valence-electron chi connectivity index (χ2n) is 6.73. The highest BCUT2D eigenvalue weighted by Crippen LogP contribution is 2.29. The van der Waals surface area contributed by atoms with Gasteiger partial charge in [-0.25, -0.2) is 0 Å². The molecule has 1 saturated carbocycles. The molecule has 1 aliphatic heterocycles. The lowest BCUT2D eigenvalue weighted by atomic mass is 9.84. The number of carbonyl (C=O) groups is 2. The van der Waals surface area contributed by atoms with Crippen molar-refractivity contribution in [1.29, 1.82) is 0 Å². The van der Waals surface area contributed by atoms with Crippen LogP contribution >= 0.6 is 0 Å². The molecule has 2 amide bonds. The lowest BCUT2D eigenvalue weighted by Gasteiger charge is -2.37. The summed E-state index contributed by atoms with van der Waals surface area (Å²) in [5.41, 5.74) is 0. The maximum absolute atomic E-state index is 12.4. The van der Waals surface area contributed by atoms with E-state index < -0.39 is 0 Å². The molecule has 0 aromatic carbocycles. The number of rotatable bonds is 4. The van der Waals surface area contributed by atoms with Crippen LogP contribution in [0.1, 0.15) is 65.2 Å². The van der Waals surface area contributed by atoms with E-state index in [1.807, 2.05) is 9.80 Å². The first-order valence-corrected chi connectivity index (χ1v) is 8.64. The van der Waals surface area contributed by atoms with E-state index in [-0.39, 0.29) is 24.4 Å². The van der Waals surface area contributed by atoms with Gasteiger partial charge >= 0.3 is 0 Å². The Morgan fingerprint density at radius 2 is 1.62 bits per heavy atom. The Hall–Kier alpha value is -1.06. The number of hydrogen-bond donors (Lipinski definition) is 0. The van der Waals surface area contributed by atoms with E-state index in [0.29, 0.717) is 5.92 Å². The molecule has 4 heteroatoms. The van der Waals surface area contributed by atoms with Crippen LogP contribution in [0.4, 0.5) is 0 Å². The van der Waals surface area contributed by atoms with Crippen LogP contribution in [0.5, 0.6) is 0 Å². The van der Waals surface area contributed by atoms with Crippen molar-refractivity contribution in [3.8, 4) is 0 Å². The number of nitrogens with zero attached hydrogens (tertiary/aromatic N) is 2. The summed E-state index contributed by atoms with van der Waals surface area (Å²) < 4.78 is 0. The fourth-order valence-electron chi connectivity index (χ4n) is 3.80. The molecule has 1 saturated heterocycles. The Morgan fingerprint density at radius 1 is 1.05 bits per heavy atom. The summed E-state index contributed by atoms with van der Waals surface area (Å²) in [6.45, 7) is 5.72. The van der Waals surface area contributed by atoms with Crippen molar-refractivity contribution in [2.45, 2.75) is 71.3 Å². The topological polar surface area (TPSA) is 40.6 Å². The van der Waals surface area contributed by atoms with Gasteiger partial charge in [0.05, 0.1) is 6.54 Å².